The molecule has 0 radical (unpaired) electrons. The third kappa shape index (κ3) is 5.94. The largest absolute Gasteiger partial charge is 0.248 e. The van der Waals surface area contributed by atoms with Crippen LogP contribution in [-0.4, -0.2) is 24.9 Å². The van der Waals surface area contributed by atoms with Crippen LogP contribution >= 0.6 is 0 Å². The van der Waals surface area contributed by atoms with E-state index in [1.165, 1.54) is 10.8 Å². The predicted octanol–water partition coefficient (Wildman–Crippen LogP) is 13.3. The molecule has 0 saturated carbocycles. The standard InChI is InChI=1S/C53H33N5/c1-4-16-35(17-5-1)50-45-29-28-42-41(23-14-24-43(42)49(45)44-22-11-13-26-48(44)55-50)38-31-39(47-30-27-34-15-10-12-25-46(34)54-47)33-40(32-38)53-57-51(36-18-6-2-7-19-36)56-52(58-53)37-20-8-3-9-21-37/h1-33H. The van der Waals surface area contributed by atoms with Gasteiger partial charge >= 0.3 is 0 Å². The van der Waals surface area contributed by atoms with Gasteiger partial charge in [0, 0.05) is 49.4 Å². The van der Waals surface area contributed by atoms with Crippen molar-refractivity contribution in [3.8, 4) is 67.8 Å². The van der Waals surface area contributed by atoms with E-state index in [0.717, 1.165) is 82.9 Å². The molecule has 0 fully saturated rings. The highest BCUT2D eigenvalue weighted by atomic mass is 15.0. The van der Waals surface area contributed by atoms with Crippen LogP contribution in [0.2, 0.25) is 0 Å². The zero-order valence-electron chi connectivity index (χ0n) is 31.3. The van der Waals surface area contributed by atoms with Crippen LogP contribution in [0.4, 0.5) is 0 Å². The summed E-state index contributed by atoms with van der Waals surface area (Å²) in [7, 11) is 0. The van der Waals surface area contributed by atoms with Crippen molar-refractivity contribution in [2.45, 2.75) is 0 Å². The molecule has 3 aromatic heterocycles. The average molecular weight is 740 g/mol. The van der Waals surface area contributed by atoms with Gasteiger partial charge in [0.1, 0.15) is 0 Å². The summed E-state index contributed by atoms with van der Waals surface area (Å²) in [6.45, 7) is 0. The van der Waals surface area contributed by atoms with Gasteiger partial charge in [-0.05, 0) is 58.3 Å². The second kappa shape index (κ2) is 14.0. The lowest BCUT2D eigenvalue weighted by molar-refractivity contribution is 1.07. The molecule has 0 aliphatic carbocycles. The third-order valence-corrected chi connectivity index (χ3v) is 10.9. The molecular weight excluding hydrogens is 707 g/mol. The first-order valence-corrected chi connectivity index (χ1v) is 19.4. The quantitative estimate of drug-likeness (QED) is 0.159. The highest BCUT2D eigenvalue weighted by Crippen LogP contribution is 2.41. The number of aromatic nitrogens is 5. The Bertz CT molecular complexity index is 3270. The molecule has 5 nitrogen and oxygen atoms in total. The van der Waals surface area contributed by atoms with Crippen LogP contribution < -0.4 is 0 Å². The number of fused-ring (bicyclic) bond motifs is 6. The van der Waals surface area contributed by atoms with Crippen LogP contribution in [0.1, 0.15) is 0 Å². The van der Waals surface area contributed by atoms with Crippen LogP contribution in [0.5, 0.6) is 0 Å². The van der Waals surface area contributed by atoms with Crippen molar-refractivity contribution in [1.82, 2.24) is 24.9 Å². The van der Waals surface area contributed by atoms with Crippen molar-refractivity contribution in [3.63, 3.8) is 0 Å². The number of para-hydroxylation sites is 2. The molecule has 0 N–H and O–H groups in total. The number of rotatable bonds is 6. The topological polar surface area (TPSA) is 64.5 Å². The Labute approximate surface area is 335 Å². The third-order valence-electron chi connectivity index (χ3n) is 10.9. The van der Waals surface area contributed by atoms with E-state index in [1.54, 1.807) is 0 Å². The zero-order chi connectivity index (χ0) is 38.4. The fourth-order valence-electron chi connectivity index (χ4n) is 8.10. The van der Waals surface area contributed by atoms with Crippen LogP contribution in [-0.2, 0) is 0 Å². The van der Waals surface area contributed by atoms with Gasteiger partial charge in [0.05, 0.1) is 22.4 Å². The van der Waals surface area contributed by atoms with E-state index in [9.17, 15) is 0 Å². The summed E-state index contributed by atoms with van der Waals surface area (Å²) < 4.78 is 0. The van der Waals surface area contributed by atoms with Gasteiger partial charge in [-0.25, -0.2) is 24.9 Å². The van der Waals surface area contributed by atoms with Crippen LogP contribution in [0.25, 0.3) is 111 Å². The maximum Gasteiger partial charge on any atom is 0.164 e. The Morgan fingerprint density at radius 2 is 0.828 bits per heavy atom. The molecule has 58 heavy (non-hydrogen) atoms. The molecule has 8 aromatic carbocycles. The minimum atomic E-state index is 0.590. The minimum Gasteiger partial charge on any atom is -0.248 e. The molecule has 0 spiro atoms. The molecule has 3 heterocycles. The van der Waals surface area contributed by atoms with Crippen molar-refractivity contribution in [2.75, 3.05) is 0 Å². The first-order valence-electron chi connectivity index (χ1n) is 19.4. The molecule has 0 unspecified atom stereocenters. The van der Waals surface area contributed by atoms with Gasteiger partial charge in [0.2, 0.25) is 0 Å². The van der Waals surface area contributed by atoms with Crippen molar-refractivity contribution in [1.29, 1.82) is 0 Å². The molecule has 0 amide bonds. The van der Waals surface area contributed by atoms with Crippen molar-refractivity contribution >= 4 is 43.4 Å². The Balaban J connectivity index is 1.18. The molecule has 5 heteroatoms. The molecule has 0 bridgehead atoms. The van der Waals surface area contributed by atoms with E-state index in [4.69, 9.17) is 24.9 Å². The molecule has 0 atom stereocenters. The maximum atomic E-state index is 5.20. The zero-order valence-corrected chi connectivity index (χ0v) is 31.3. The van der Waals surface area contributed by atoms with Crippen molar-refractivity contribution < 1.29 is 0 Å². The second-order valence-corrected chi connectivity index (χ2v) is 14.5. The summed E-state index contributed by atoms with van der Waals surface area (Å²) in [6, 6.07) is 69.3. The number of hydrogen-bond acceptors (Lipinski definition) is 5. The molecule has 11 aromatic rings. The molecule has 0 saturated heterocycles. The Morgan fingerprint density at radius 3 is 1.55 bits per heavy atom. The van der Waals surface area contributed by atoms with Crippen LogP contribution in [0.15, 0.2) is 200 Å². The lowest BCUT2D eigenvalue weighted by Gasteiger charge is -2.16. The number of pyridine rings is 2. The molecule has 11 rings (SSSR count). The summed E-state index contributed by atoms with van der Waals surface area (Å²) in [5.41, 5.74) is 10.7. The lowest BCUT2D eigenvalue weighted by Crippen LogP contribution is -2.00. The van der Waals surface area contributed by atoms with Gasteiger partial charge in [-0.2, -0.15) is 0 Å². The summed E-state index contributed by atoms with van der Waals surface area (Å²) in [6.07, 6.45) is 0. The van der Waals surface area contributed by atoms with E-state index < -0.39 is 0 Å². The molecule has 0 aliphatic rings. The SMILES string of the molecule is c1ccc(-c2nc(-c3ccccc3)nc(-c3cc(-c4ccc5ccccc5n4)cc(-c4cccc5c4ccc4c(-c6ccccc6)nc6ccccc6c45)c3)n2)cc1. The first kappa shape index (κ1) is 33.4. The second-order valence-electron chi connectivity index (χ2n) is 14.5. The van der Waals surface area contributed by atoms with Crippen LogP contribution in [0, 0.1) is 0 Å². The lowest BCUT2D eigenvalue weighted by atomic mass is 9.90. The fourth-order valence-corrected chi connectivity index (χ4v) is 8.10. The van der Waals surface area contributed by atoms with Crippen LogP contribution in [0.3, 0.4) is 0 Å². The summed E-state index contributed by atoms with van der Waals surface area (Å²) in [4.78, 5) is 25.6. The summed E-state index contributed by atoms with van der Waals surface area (Å²) >= 11 is 0. The van der Waals surface area contributed by atoms with Crippen molar-refractivity contribution in [3.05, 3.63) is 200 Å². The average Bonchev–Trinajstić information content (AvgIpc) is 3.31. The Kier molecular flexibility index (Phi) is 8.07. The van der Waals surface area contributed by atoms with E-state index >= 15 is 0 Å². The smallest absolute Gasteiger partial charge is 0.164 e. The first-order chi connectivity index (χ1) is 28.7. The van der Waals surface area contributed by atoms with Gasteiger partial charge in [-0.1, -0.05) is 164 Å². The molecular formula is C53H33N5. The summed E-state index contributed by atoms with van der Waals surface area (Å²) in [5.74, 6) is 1.82. The maximum absolute atomic E-state index is 5.20. The van der Waals surface area contributed by atoms with Crippen molar-refractivity contribution in [2.24, 2.45) is 0 Å². The number of hydrogen-bond donors (Lipinski definition) is 0. The van der Waals surface area contributed by atoms with Gasteiger partial charge in [-0.3, -0.25) is 0 Å². The summed E-state index contributed by atoms with van der Waals surface area (Å²) in [5, 5.41) is 6.84. The monoisotopic (exact) mass is 739 g/mol. The van der Waals surface area contributed by atoms with Gasteiger partial charge in [0.15, 0.2) is 17.5 Å². The number of benzene rings is 8. The Morgan fingerprint density at radius 1 is 0.276 bits per heavy atom. The molecule has 270 valence electrons. The van der Waals surface area contributed by atoms with Gasteiger partial charge in [0.25, 0.3) is 0 Å². The van der Waals surface area contributed by atoms with E-state index in [2.05, 4.69) is 121 Å². The normalized spacial score (nSPS) is 11.4. The highest BCUT2D eigenvalue weighted by molar-refractivity contribution is 6.24. The number of nitrogens with zero attached hydrogens (tertiary/aromatic N) is 5. The van der Waals surface area contributed by atoms with E-state index in [0.29, 0.717) is 17.5 Å². The highest BCUT2D eigenvalue weighted by Gasteiger charge is 2.18. The minimum absolute atomic E-state index is 0.590. The van der Waals surface area contributed by atoms with E-state index in [-0.39, 0.29) is 0 Å². The predicted molar refractivity (Wildman–Crippen MR) is 238 cm³/mol. The van der Waals surface area contributed by atoms with Gasteiger partial charge in [-0.15, -0.1) is 0 Å². The van der Waals surface area contributed by atoms with E-state index in [1.807, 2.05) is 78.9 Å². The molecule has 0 aliphatic heterocycles. The Hall–Kier alpha value is -7.89. The fraction of sp³-hybridized carbons (Fsp3) is 0. The van der Waals surface area contributed by atoms with Gasteiger partial charge < -0.3 is 0 Å².